The quantitative estimate of drug-likeness (QED) is 0.492. The lowest BCUT2D eigenvalue weighted by Crippen LogP contribution is -2.26. The summed E-state index contributed by atoms with van der Waals surface area (Å²) in [6, 6.07) is 4.35. The van der Waals surface area contributed by atoms with E-state index in [9.17, 15) is 14.9 Å². The van der Waals surface area contributed by atoms with Crippen molar-refractivity contribution in [2.75, 3.05) is 5.43 Å². The van der Waals surface area contributed by atoms with Crippen LogP contribution in [0.1, 0.15) is 25.5 Å². The van der Waals surface area contributed by atoms with E-state index in [0.717, 1.165) is 0 Å². The van der Waals surface area contributed by atoms with Crippen LogP contribution in [0.4, 0.5) is 11.4 Å². The first-order chi connectivity index (χ1) is 9.93. The summed E-state index contributed by atoms with van der Waals surface area (Å²) in [4.78, 5) is 22.5. The van der Waals surface area contributed by atoms with E-state index in [1.54, 1.807) is 17.0 Å². The number of imidazole rings is 1. The van der Waals surface area contributed by atoms with Crippen molar-refractivity contribution in [3.63, 3.8) is 0 Å². The fraction of sp³-hybridized carbons (Fsp3) is 0.308. The zero-order chi connectivity index (χ0) is 15.6. The Morgan fingerprint density at radius 3 is 2.62 bits per heavy atom. The molecule has 0 saturated carbocycles. The molecule has 2 rings (SSSR count). The fourth-order valence-electron chi connectivity index (χ4n) is 2.09. The Balaban J connectivity index is 2.41. The number of aromatic nitrogens is 2. The molecular formula is C13H17N5O3. The number of nitrogen functional groups attached to an aromatic ring is 1. The van der Waals surface area contributed by atoms with Gasteiger partial charge in [-0.3, -0.25) is 25.1 Å². The first-order valence-corrected chi connectivity index (χ1v) is 6.45. The second-order valence-corrected chi connectivity index (χ2v) is 4.95. The summed E-state index contributed by atoms with van der Waals surface area (Å²) in [6.07, 6.45) is 3.35. The number of nitrogens with zero attached hydrogens (tertiary/aromatic N) is 3. The van der Waals surface area contributed by atoms with Gasteiger partial charge in [0.25, 0.3) is 5.69 Å². The third-order valence-corrected chi connectivity index (χ3v) is 3.23. The second-order valence-electron chi connectivity index (χ2n) is 4.95. The molecule has 1 aromatic heterocycles. The number of hydrogen-bond acceptors (Lipinski definition) is 5. The molecule has 0 aliphatic carbocycles. The van der Waals surface area contributed by atoms with Crippen molar-refractivity contribution in [3.8, 4) is 0 Å². The smallest absolute Gasteiger partial charge is 0.324 e. The second kappa shape index (κ2) is 5.80. The predicted octanol–water partition coefficient (Wildman–Crippen LogP) is 1.47. The highest BCUT2D eigenvalue weighted by Gasteiger charge is 2.13. The molecule has 1 heterocycles. The Morgan fingerprint density at radius 1 is 1.38 bits per heavy atom. The van der Waals surface area contributed by atoms with E-state index in [0.29, 0.717) is 11.3 Å². The van der Waals surface area contributed by atoms with Gasteiger partial charge in [-0.15, -0.1) is 0 Å². The van der Waals surface area contributed by atoms with Gasteiger partial charge in [0.2, 0.25) is 0 Å². The van der Waals surface area contributed by atoms with Crippen LogP contribution in [0.2, 0.25) is 0 Å². The standard InChI is InChI=1S/C13H17N5O3/c1-9(2)17-6-5-16(13(17)19)8-10-7-11(18(20)21)3-4-12(10)15-14/h3-7,9,15H,8,14H2,1-2H3. The lowest BCUT2D eigenvalue weighted by atomic mass is 10.1. The third kappa shape index (κ3) is 2.95. The Kier molecular flexibility index (Phi) is 4.08. The SMILES string of the molecule is CC(C)n1ccn(Cc2cc([N+](=O)[O-])ccc2NN)c1=O. The molecule has 0 saturated heterocycles. The van der Waals surface area contributed by atoms with E-state index in [2.05, 4.69) is 5.43 Å². The number of nitrogens with one attached hydrogen (secondary N) is 1. The van der Waals surface area contributed by atoms with Crippen LogP contribution in [0.25, 0.3) is 0 Å². The summed E-state index contributed by atoms with van der Waals surface area (Å²) in [5.74, 6) is 5.41. The predicted molar refractivity (Wildman–Crippen MR) is 79.1 cm³/mol. The highest BCUT2D eigenvalue weighted by atomic mass is 16.6. The number of anilines is 1. The van der Waals surface area contributed by atoms with E-state index >= 15 is 0 Å². The first kappa shape index (κ1) is 14.8. The average Bonchev–Trinajstić information content (AvgIpc) is 2.80. The summed E-state index contributed by atoms with van der Waals surface area (Å²) in [7, 11) is 0. The van der Waals surface area contributed by atoms with E-state index < -0.39 is 4.92 Å². The van der Waals surface area contributed by atoms with Crippen molar-refractivity contribution >= 4 is 11.4 Å². The summed E-state index contributed by atoms with van der Waals surface area (Å²) >= 11 is 0. The zero-order valence-electron chi connectivity index (χ0n) is 11.8. The van der Waals surface area contributed by atoms with Crippen LogP contribution < -0.4 is 17.0 Å². The molecule has 0 amide bonds. The Labute approximate surface area is 120 Å². The molecule has 3 N–H and O–H groups in total. The van der Waals surface area contributed by atoms with Gasteiger partial charge in [-0.1, -0.05) is 0 Å². The van der Waals surface area contributed by atoms with Crippen molar-refractivity contribution in [2.45, 2.75) is 26.4 Å². The van der Waals surface area contributed by atoms with Crippen LogP contribution in [-0.2, 0) is 6.54 Å². The lowest BCUT2D eigenvalue weighted by Gasteiger charge is -2.09. The molecule has 0 aliphatic rings. The minimum absolute atomic E-state index is 0.0414. The van der Waals surface area contributed by atoms with E-state index in [-0.39, 0.29) is 24.0 Å². The van der Waals surface area contributed by atoms with Gasteiger partial charge in [0.05, 0.1) is 17.2 Å². The van der Waals surface area contributed by atoms with Gasteiger partial charge in [-0.25, -0.2) is 4.79 Å². The largest absolute Gasteiger partial charge is 0.328 e. The molecule has 0 bridgehead atoms. The maximum Gasteiger partial charge on any atom is 0.328 e. The first-order valence-electron chi connectivity index (χ1n) is 6.45. The number of nitrogens with two attached hydrogens (primary N) is 1. The molecule has 0 atom stereocenters. The molecule has 0 fully saturated rings. The van der Waals surface area contributed by atoms with Crippen molar-refractivity contribution in [1.82, 2.24) is 9.13 Å². The van der Waals surface area contributed by atoms with Crippen LogP contribution in [-0.4, -0.2) is 14.1 Å². The van der Waals surface area contributed by atoms with Gasteiger partial charge >= 0.3 is 5.69 Å². The molecule has 0 aliphatic heterocycles. The van der Waals surface area contributed by atoms with Gasteiger partial charge in [0.15, 0.2) is 0 Å². The highest BCUT2D eigenvalue weighted by Crippen LogP contribution is 2.22. The molecule has 0 spiro atoms. The van der Waals surface area contributed by atoms with Crippen LogP contribution >= 0.6 is 0 Å². The molecule has 21 heavy (non-hydrogen) atoms. The summed E-state index contributed by atoms with van der Waals surface area (Å²) < 4.78 is 3.08. The van der Waals surface area contributed by atoms with Crippen molar-refractivity contribution in [2.24, 2.45) is 5.84 Å². The number of nitro benzene ring substituents is 1. The van der Waals surface area contributed by atoms with Gasteiger partial charge < -0.3 is 5.43 Å². The maximum absolute atomic E-state index is 12.2. The van der Waals surface area contributed by atoms with Crippen LogP contribution in [0.5, 0.6) is 0 Å². The number of hydrazine groups is 1. The number of non-ortho nitro benzene ring substituents is 1. The molecule has 8 nitrogen and oxygen atoms in total. The average molecular weight is 291 g/mol. The minimum Gasteiger partial charge on any atom is -0.324 e. The number of benzene rings is 1. The summed E-state index contributed by atoms with van der Waals surface area (Å²) in [6.45, 7) is 4.03. The van der Waals surface area contributed by atoms with Crippen LogP contribution in [0.15, 0.2) is 35.4 Å². The Bertz CT molecular complexity index is 717. The van der Waals surface area contributed by atoms with Crippen LogP contribution in [0, 0.1) is 10.1 Å². The van der Waals surface area contributed by atoms with Crippen molar-refractivity contribution in [3.05, 3.63) is 56.8 Å². The van der Waals surface area contributed by atoms with Crippen molar-refractivity contribution in [1.29, 1.82) is 0 Å². The zero-order valence-corrected chi connectivity index (χ0v) is 11.8. The van der Waals surface area contributed by atoms with Crippen LogP contribution in [0.3, 0.4) is 0 Å². The molecule has 0 radical (unpaired) electrons. The topological polar surface area (TPSA) is 108 Å². The Hall–Kier alpha value is -2.61. The van der Waals surface area contributed by atoms with Gasteiger partial charge in [0.1, 0.15) is 0 Å². The molecule has 112 valence electrons. The van der Waals surface area contributed by atoms with E-state index in [4.69, 9.17) is 5.84 Å². The fourth-order valence-corrected chi connectivity index (χ4v) is 2.09. The summed E-state index contributed by atoms with van der Waals surface area (Å²) in [5.41, 5.74) is 3.40. The number of rotatable bonds is 5. The number of hydrogen-bond donors (Lipinski definition) is 2. The van der Waals surface area contributed by atoms with E-state index in [1.807, 2.05) is 13.8 Å². The molecule has 1 aromatic carbocycles. The number of nitro groups is 1. The van der Waals surface area contributed by atoms with Crippen molar-refractivity contribution < 1.29 is 4.92 Å². The molecule has 2 aromatic rings. The normalized spacial score (nSPS) is 10.9. The molecule has 0 unspecified atom stereocenters. The monoisotopic (exact) mass is 291 g/mol. The highest BCUT2D eigenvalue weighted by molar-refractivity contribution is 5.55. The lowest BCUT2D eigenvalue weighted by molar-refractivity contribution is -0.384. The van der Waals surface area contributed by atoms with Gasteiger partial charge in [-0.2, -0.15) is 0 Å². The van der Waals surface area contributed by atoms with Gasteiger partial charge in [-0.05, 0) is 19.9 Å². The van der Waals surface area contributed by atoms with E-state index in [1.165, 1.54) is 22.8 Å². The third-order valence-electron chi connectivity index (χ3n) is 3.23. The minimum atomic E-state index is -0.480. The summed E-state index contributed by atoms with van der Waals surface area (Å²) in [5, 5.41) is 10.8. The van der Waals surface area contributed by atoms with Gasteiger partial charge in [0, 0.05) is 36.1 Å². The Morgan fingerprint density at radius 2 is 2.10 bits per heavy atom. The molecule has 8 heteroatoms. The molecular weight excluding hydrogens is 274 g/mol. The maximum atomic E-state index is 12.2.